The lowest BCUT2D eigenvalue weighted by Gasteiger charge is -2.21. The highest BCUT2D eigenvalue weighted by Crippen LogP contribution is 2.45. The van der Waals surface area contributed by atoms with Gasteiger partial charge in [-0.3, -0.25) is 37.3 Å². The lowest BCUT2D eigenvalue weighted by atomic mass is 9.99. The van der Waals surface area contributed by atoms with E-state index in [0.717, 1.165) is 102 Å². The van der Waals surface area contributed by atoms with E-state index in [0.29, 0.717) is 25.7 Å². The van der Waals surface area contributed by atoms with Crippen LogP contribution in [0.4, 0.5) is 0 Å². The number of rotatable bonds is 81. The Bertz CT molecular complexity index is 1940. The number of hydrogen-bond acceptors (Lipinski definition) is 15. The maximum Gasteiger partial charge on any atom is 0.472 e. The van der Waals surface area contributed by atoms with Gasteiger partial charge in [0.2, 0.25) is 0 Å². The van der Waals surface area contributed by atoms with Crippen molar-refractivity contribution in [3.63, 3.8) is 0 Å². The predicted octanol–water partition coefficient (Wildman–Crippen LogP) is 24.7. The van der Waals surface area contributed by atoms with Crippen LogP contribution in [0.1, 0.15) is 433 Å². The van der Waals surface area contributed by atoms with Crippen LogP contribution in [0.15, 0.2) is 0 Å². The SMILES string of the molecule is CCCCCCCCCCCCCCCCCCC(=O)OC[C@H](COP(=O)(O)OC[C@@H](O)COP(=O)(O)OC[C@@H](COC(=O)CCCCCCCCCCC)OC(=O)CCCCCCCCCCCCCC(C)C)OC(=O)CCCCCCCCCCCCCCCCCCCCC(C)CC. The van der Waals surface area contributed by atoms with Gasteiger partial charge in [0, 0.05) is 25.7 Å². The van der Waals surface area contributed by atoms with E-state index in [2.05, 4.69) is 41.5 Å². The molecule has 19 heteroatoms. The number of phosphoric ester groups is 2. The highest BCUT2D eigenvalue weighted by Gasteiger charge is 2.30. The number of esters is 4. The zero-order valence-electron chi connectivity index (χ0n) is 66.2. The van der Waals surface area contributed by atoms with Gasteiger partial charge in [-0.2, -0.15) is 0 Å². The molecule has 6 atom stereocenters. The largest absolute Gasteiger partial charge is 0.472 e. The summed E-state index contributed by atoms with van der Waals surface area (Å²) in [6.07, 6.45) is 63.8. The fourth-order valence-electron chi connectivity index (χ4n) is 12.7. The molecule has 0 saturated heterocycles. The number of aliphatic hydroxyl groups is 1. The van der Waals surface area contributed by atoms with Crippen LogP contribution >= 0.6 is 15.6 Å². The Morgan fingerprint density at radius 1 is 0.287 bits per heavy atom. The molecule has 0 heterocycles. The molecule has 3 N–H and O–H groups in total. The summed E-state index contributed by atoms with van der Waals surface area (Å²) in [5.41, 5.74) is 0. The molecule has 600 valence electrons. The predicted molar refractivity (Wildman–Crippen MR) is 414 cm³/mol. The van der Waals surface area contributed by atoms with E-state index in [1.807, 2.05) is 0 Å². The number of phosphoric acid groups is 2. The van der Waals surface area contributed by atoms with E-state index in [9.17, 15) is 43.2 Å². The average molecular weight is 1480 g/mol. The van der Waals surface area contributed by atoms with Crippen LogP contribution in [0.3, 0.4) is 0 Å². The molecule has 0 aliphatic rings. The molecule has 0 aromatic carbocycles. The van der Waals surface area contributed by atoms with Crippen LogP contribution in [0.5, 0.6) is 0 Å². The minimum absolute atomic E-state index is 0.107. The molecule has 0 saturated carbocycles. The first-order chi connectivity index (χ1) is 48.9. The van der Waals surface area contributed by atoms with E-state index >= 15 is 0 Å². The molecule has 0 fully saturated rings. The van der Waals surface area contributed by atoms with Gasteiger partial charge in [0.25, 0.3) is 0 Å². The van der Waals surface area contributed by atoms with Crippen LogP contribution in [-0.2, 0) is 65.4 Å². The summed E-state index contributed by atoms with van der Waals surface area (Å²) in [5, 5.41) is 10.6. The van der Waals surface area contributed by atoms with Gasteiger partial charge in [-0.15, -0.1) is 0 Å². The van der Waals surface area contributed by atoms with Crippen molar-refractivity contribution >= 4 is 39.5 Å². The molecular formula is C82H160O17P2. The van der Waals surface area contributed by atoms with Gasteiger partial charge in [0.15, 0.2) is 12.2 Å². The van der Waals surface area contributed by atoms with Crippen molar-refractivity contribution in [2.45, 2.75) is 452 Å². The number of hydrogen-bond donors (Lipinski definition) is 3. The minimum atomic E-state index is -4.96. The smallest absolute Gasteiger partial charge is 0.462 e. The van der Waals surface area contributed by atoms with Crippen molar-refractivity contribution < 1.29 is 80.2 Å². The zero-order chi connectivity index (χ0) is 74.2. The second kappa shape index (κ2) is 73.6. The normalized spacial score (nSPS) is 14.2. The molecule has 101 heavy (non-hydrogen) atoms. The third kappa shape index (κ3) is 74.7. The Hall–Kier alpha value is -1.94. The van der Waals surface area contributed by atoms with E-state index in [-0.39, 0.29) is 25.7 Å². The highest BCUT2D eigenvalue weighted by atomic mass is 31.2. The molecule has 0 bridgehead atoms. The fourth-order valence-corrected chi connectivity index (χ4v) is 14.3. The first-order valence-electron chi connectivity index (χ1n) is 42.5. The summed E-state index contributed by atoms with van der Waals surface area (Å²) >= 11 is 0. The molecule has 0 spiro atoms. The van der Waals surface area contributed by atoms with Gasteiger partial charge in [0.1, 0.15) is 19.3 Å². The lowest BCUT2D eigenvalue weighted by molar-refractivity contribution is -0.161. The summed E-state index contributed by atoms with van der Waals surface area (Å²) in [6, 6.07) is 0. The maximum absolute atomic E-state index is 13.1. The molecule has 0 aromatic heterocycles. The number of carbonyl (C=O) groups excluding carboxylic acids is 4. The second-order valence-corrected chi connectivity index (χ2v) is 33.1. The summed E-state index contributed by atoms with van der Waals surface area (Å²) in [5.74, 6) is -0.472. The Morgan fingerprint density at radius 3 is 0.752 bits per heavy atom. The molecule has 0 radical (unpaired) electrons. The lowest BCUT2D eigenvalue weighted by Crippen LogP contribution is -2.30. The third-order valence-electron chi connectivity index (χ3n) is 19.6. The van der Waals surface area contributed by atoms with E-state index in [4.69, 9.17) is 37.0 Å². The molecule has 0 aliphatic carbocycles. The number of unbranched alkanes of at least 4 members (excludes halogenated alkanes) is 50. The monoisotopic (exact) mass is 1480 g/mol. The van der Waals surface area contributed by atoms with Gasteiger partial charge in [-0.1, -0.05) is 382 Å². The van der Waals surface area contributed by atoms with Gasteiger partial charge < -0.3 is 33.8 Å². The van der Waals surface area contributed by atoms with Crippen molar-refractivity contribution in [3.8, 4) is 0 Å². The Morgan fingerprint density at radius 2 is 0.505 bits per heavy atom. The zero-order valence-corrected chi connectivity index (χ0v) is 68.0. The topological polar surface area (TPSA) is 237 Å². The van der Waals surface area contributed by atoms with E-state index < -0.39 is 97.5 Å². The van der Waals surface area contributed by atoms with Crippen molar-refractivity contribution in [2.24, 2.45) is 11.8 Å². The van der Waals surface area contributed by atoms with E-state index in [1.165, 1.54) is 250 Å². The Labute approximate surface area is 619 Å². The van der Waals surface area contributed by atoms with Crippen molar-refractivity contribution in [3.05, 3.63) is 0 Å². The van der Waals surface area contributed by atoms with Crippen LogP contribution in [0.25, 0.3) is 0 Å². The third-order valence-corrected chi connectivity index (χ3v) is 21.5. The quantitative estimate of drug-likeness (QED) is 0.0222. The van der Waals surface area contributed by atoms with Gasteiger partial charge in [0.05, 0.1) is 26.4 Å². The van der Waals surface area contributed by atoms with Gasteiger partial charge in [-0.05, 0) is 37.5 Å². The van der Waals surface area contributed by atoms with Gasteiger partial charge >= 0.3 is 39.5 Å². The van der Waals surface area contributed by atoms with E-state index in [1.54, 1.807) is 0 Å². The van der Waals surface area contributed by atoms with Crippen LogP contribution in [0, 0.1) is 11.8 Å². The highest BCUT2D eigenvalue weighted by molar-refractivity contribution is 7.47. The first kappa shape index (κ1) is 99.1. The molecule has 17 nitrogen and oxygen atoms in total. The number of ether oxygens (including phenoxy) is 4. The van der Waals surface area contributed by atoms with Crippen LogP contribution in [0.2, 0.25) is 0 Å². The number of aliphatic hydroxyl groups excluding tert-OH is 1. The molecular weight excluding hydrogens is 1320 g/mol. The summed E-state index contributed by atoms with van der Waals surface area (Å²) in [7, 11) is -9.92. The summed E-state index contributed by atoms with van der Waals surface area (Å²) in [6.45, 7) is 9.69. The maximum atomic E-state index is 13.1. The number of carbonyl (C=O) groups is 4. The van der Waals surface area contributed by atoms with Crippen molar-refractivity contribution in [1.82, 2.24) is 0 Å². The molecule has 3 unspecified atom stereocenters. The van der Waals surface area contributed by atoms with Gasteiger partial charge in [-0.25, -0.2) is 9.13 Å². The first-order valence-corrected chi connectivity index (χ1v) is 45.5. The van der Waals surface area contributed by atoms with Crippen molar-refractivity contribution in [2.75, 3.05) is 39.6 Å². The molecule has 0 aliphatic heterocycles. The summed E-state index contributed by atoms with van der Waals surface area (Å²) < 4.78 is 68.7. The fraction of sp³-hybridized carbons (Fsp3) is 0.951. The Balaban J connectivity index is 5.20. The molecule has 0 rings (SSSR count). The molecule has 0 amide bonds. The average Bonchev–Trinajstić information content (AvgIpc) is 0.956. The summed E-state index contributed by atoms with van der Waals surface area (Å²) in [4.78, 5) is 73.0. The Kier molecular flexibility index (Phi) is 72.2. The van der Waals surface area contributed by atoms with Crippen molar-refractivity contribution in [1.29, 1.82) is 0 Å². The standard InChI is InChI=1S/C82H160O17P2/c1-7-10-12-14-16-18-19-20-21-27-30-35-41-47-53-59-65-80(85)93-71-78(99-81(86)66-60-54-48-42-36-31-28-25-23-22-24-26-29-34-40-45-51-57-63-75(6)9-3)73-97-101(90,91)95-69-76(83)68-94-100(88,89)96-72-77(70-92-79(84)64-58-52-46-38-17-15-13-11-8-2)98-82(87)67-61-55-49-43-37-32-33-39-44-50-56-62-74(4)5/h74-78,83H,7-73H2,1-6H3,(H,88,89)(H,90,91)/t75?,76-,77+,78+/m0/s1. The van der Waals surface area contributed by atoms with Crippen LogP contribution < -0.4 is 0 Å². The van der Waals surface area contributed by atoms with Crippen LogP contribution in [-0.4, -0.2) is 96.7 Å². The minimum Gasteiger partial charge on any atom is -0.462 e. The molecule has 0 aromatic rings. The second-order valence-electron chi connectivity index (χ2n) is 30.2.